The van der Waals surface area contributed by atoms with Gasteiger partial charge in [-0.05, 0) is 42.9 Å². The van der Waals surface area contributed by atoms with E-state index in [-0.39, 0.29) is 11.3 Å². The largest absolute Gasteiger partial charge is 0.351 e. The zero-order chi connectivity index (χ0) is 12.3. The second-order valence-electron chi connectivity index (χ2n) is 4.63. The molecule has 1 aliphatic carbocycles. The normalized spacial score (nSPS) is 16.6. The molecule has 1 aromatic rings. The average molecular weight is 317 g/mol. The highest BCUT2D eigenvalue weighted by Crippen LogP contribution is 2.48. The monoisotopic (exact) mass is 315 g/mol. The third kappa shape index (κ3) is 3.46. The Bertz CT molecular complexity index is 418. The van der Waals surface area contributed by atoms with Crippen LogP contribution in [0.4, 0.5) is 0 Å². The summed E-state index contributed by atoms with van der Waals surface area (Å²) in [5.41, 5.74) is 0.977. The number of halogens is 2. The van der Waals surface area contributed by atoms with Crippen LogP contribution < -0.4 is 5.32 Å². The maximum absolute atomic E-state index is 11.9. The van der Waals surface area contributed by atoms with E-state index in [9.17, 15) is 4.79 Å². The lowest BCUT2D eigenvalue weighted by molar-refractivity contribution is 0.0944. The lowest BCUT2D eigenvalue weighted by Crippen LogP contribution is -2.30. The number of amides is 1. The molecule has 1 aromatic carbocycles. The van der Waals surface area contributed by atoms with Crippen molar-refractivity contribution in [1.82, 2.24) is 5.32 Å². The highest BCUT2D eigenvalue weighted by atomic mass is 79.9. The summed E-state index contributed by atoms with van der Waals surface area (Å²) in [7, 11) is 0. The van der Waals surface area contributed by atoms with E-state index in [1.165, 1.54) is 12.8 Å². The smallest absolute Gasteiger partial charge is 0.251 e. The van der Waals surface area contributed by atoms with E-state index < -0.39 is 0 Å². The van der Waals surface area contributed by atoms with Gasteiger partial charge < -0.3 is 5.32 Å². The van der Waals surface area contributed by atoms with Crippen LogP contribution in [0.3, 0.4) is 0 Å². The first-order valence-corrected chi connectivity index (χ1v) is 7.08. The molecule has 1 amide bonds. The first-order valence-electron chi connectivity index (χ1n) is 5.75. The summed E-state index contributed by atoms with van der Waals surface area (Å²) in [6.07, 6.45) is 3.35. The van der Waals surface area contributed by atoms with Gasteiger partial charge >= 0.3 is 0 Å². The molecule has 0 radical (unpaired) electrons. The lowest BCUT2D eigenvalue weighted by Gasteiger charge is -2.14. The van der Waals surface area contributed by atoms with Crippen molar-refractivity contribution < 1.29 is 4.79 Å². The summed E-state index contributed by atoms with van der Waals surface area (Å²) in [5.74, 6) is 0.666. The Labute approximate surface area is 115 Å². The zero-order valence-electron chi connectivity index (χ0n) is 9.51. The minimum Gasteiger partial charge on any atom is -0.351 e. The van der Waals surface area contributed by atoms with Crippen LogP contribution in [-0.2, 0) is 0 Å². The fourth-order valence-corrected chi connectivity index (χ4v) is 2.69. The number of carbonyl (C=O) groups is 1. The summed E-state index contributed by atoms with van der Waals surface area (Å²) in [6.45, 7) is 0.741. The second-order valence-corrected chi connectivity index (χ2v) is 5.93. The molecule has 1 aliphatic rings. The minimum absolute atomic E-state index is 0.00727. The molecule has 17 heavy (non-hydrogen) atoms. The molecule has 4 heteroatoms. The van der Waals surface area contributed by atoms with Crippen LogP contribution in [0.2, 0.25) is 0 Å². The third-order valence-corrected chi connectivity index (χ3v) is 3.97. The maximum Gasteiger partial charge on any atom is 0.251 e. The number of benzene rings is 1. The van der Waals surface area contributed by atoms with Gasteiger partial charge in [0.1, 0.15) is 0 Å². The Morgan fingerprint density at radius 1 is 1.47 bits per heavy atom. The SMILES string of the molecule is O=C(NCC1(CCCl)CC1)c1cccc(Br)c1. The van der Waals surface area contributed by atoms with E-state index in [4.69, 9.17) is 11.6 Å². The Morgan fingerprint density at radius 3 is 2.82 bits per heavy atom. The van der Waals surface area contributed by atoms with Crippen LogP contribution in [0, 0.1) is 5.41 Å². The lowest BCUT2D eigenvalue weighted by atomic mass is 10.0. The molecule has 0 bridgehead atoms. The van der Waals surface area contributed by atoms with Crippen molar-refractivity contribution in [3.8, 4) is 0 Å². The Hall–Kier alpha value is -0.540. The molecular weight excluding hydrogens is 302 g/mol. The van der Waals surface area contributed by atoms with Gasteiger partial charge in [0.15, 0.2) is 0 Å². The van der Waals surface area contributed by atoms with Crippen molar-refractivity contribution in [1.29, 1.82) is 0 Å². The standard InChI is InChI=1S/C13H15BrClNO/c14-11-3-1-2-10(8-11)12(17)16-9-13(4-5-13)6-7-15/h1-3,8H,4-7,9H2,(H,16,17). The predicted octanol–water partition coefficient (Wildman–Crippen LogP) is 3.59. The van der Waals surface area contributed by atoms with Crippen LogP contribution in [0.1, 0.15) is 29.6 Å². The summed E-state index contributed by atoms with van der Waals surface area (Å²) in [5, 5.41) is 3.00. The number of hydrogen-bond acceptors (Lipinski definition) is 1. The highest BCUT2D eigenvalue weighted by Gasteiger charge is 2.41. The van der Waals surface area contributed by atoms with Gasteiger partial charge in [0.05, 0.1) is 0 Å². The molecule has 1 saturated carbocycles. The average Bonchev–Trinajstić information content (AvgIpc) is 3.07. The predicted molar refractivity (Wildman–Crippen MR) is 73.5 cm³/mol. The molecule has 2 nitrogen and oxygen atoms in total. The Morgan fingerprint density at radius 2 is 2.24 bits per heavy atom. The van der Waals surface area contributed by atoms with Gasteiger partial charge in [-0.3, -0.25) is 4.79 Å². The number of alkyl halides is 1. The molecule has 0 unspecified atom stereocenters. The fourth-order valence-electron chi connectivity index (χ4n) is 1.89. The number of nitrogens with one attached hydrogen (secondary N) is 1. The van der Waals surface area contributed by atoms with Crippen LogP contribution in [0.5, 0.6) is 0 Å². The van der Waals surface area contributed by atoms with Crippen molar-refractivity contribution in [3.05, 3.63) is 34.3 Å². The van der Waals surface area contributed by atoms with E-state index >= 15 is 0 Å². The van der Waals surface area contributed by atoms with Gasteiger partial charge in [0, 0.05) is 22.5 Å². The van der Waals surface area contributed by atoms with E-state index in [1.54, 1.807) is 0 Å². The van der Waals surface area contributed by atoms with Gasteiger partial charge in [0.25, 0.3) is 5.91 Å². The van der Waals surface area contributed by atoms with Gasteiger partial charge in [-0.1, -0.05) is 22.0 Å². The molecule has 0 aliphatic heterocycles. The van der Waals surface area contributed by atoms with Crippen molar-refractivity contribution in [3.63, 3.8) is 0 Å². The third-order valence-electron chi connectivity index (χ3n) is 3.29. The van der Waals surface area contributed by atoms with E-state index in [0.717, 1.165) is 17.4 Å². The van der Waals surface area contributed by atoms with Gasteiger partial charge in [-0.2, -0.15) is 0 Å². The molecule has 0 heterocycles. The molecule has 2 rings (SSSR count). The molecule has 0 spiro atoms. The summed E-state index contributed by atoms with van der Waals surface area (Å²) >= 11 is 9.12. The van der Waals surface area contributed by atoms with Crippen molar-refractivity contribution in [2.45, 2.75) is 19.3 Å². The van der Waals surface area contributed by atoms with E-state index in [1.807, 2.05) is 24.3 Å². The first kappa shape index (κ1) is 12.9. The second kappa shape index (κ2) is 5.40. The molecule has 0 saturated heterocycles. The fraction of sp³-hybridized carbons (Fsp3) is 0.462. The number of hydrogen-bond donors (Lipinski definition) is 1. The Balaban J connectivity index is 1.90. The summed E-state index contributed by atoms with van der Waals surface area (Å²) < 4.78 is 0.923. The zero-order valence-corrected chi connectivity index (χ0v) is 11.9. The highest BCUT2D eigenvalue weighted by molar-refractivity contribution is 9.10. The van der Waals surface area contributed by atoms with Crippen LogP contribution in [-0.4, -0.2) is 18.3 Å². The molecule has 0 aromatic heterocycles. The van der Waals surface area contributed by atoms with E-state index in [2.05, 4.69) is 21.2 Å². The topological polar surface area (TPSA) is 29.1 Å². The number of rotatable bonds is 5. The van der Waals surface area contributed by atoms with Crippen molar-refractivity contribution >= 4 is 33.4 Å². The summed E-state index contributed by atoms with van der Waals surface area (Å²) in [6, 6.07) is 7.43. The molecular formula is C13H15BrClNO. The molecule has 1 N–H and O–H groups in total. The molecule has 92 valence electrons. The van der Waals surface area contributed by atoms with Gasteiger partial charge in [-0.25, -0.2) is 0 Å². The van der Waals surface area contributed by atoms with Crippen molar-refractivity contribution in [2.24, 2.45) is 5.41 Å². The Kier molecular flexibility index (Phi) is 4.10. The minimum atomic E-state index is -0.00727. The number of carbonyl (C=O) groups excluding carboxylic acids is 1. The van der Waals surface area contributed by atoms with Crippen LogP contribution >= 0.6 is 27.5 Å². The van der Waals surface area contributed by atoms with Gasteiger partial charge in [-0.15, -0.1) is 11.6 Å². The van der Waals surface area contributed by atoms with E-state index in [0.29, 0.717) is 11.4 Å². The summed E-state index contributed by atoms with van der Waals surface area (Å²) in [4.78, 5) is 11.9. The maximum atomic E-state index is 11.9. The van der Waals surface area contributed by atoms with Crippen LogP contribution in [0.25, 0.3) is 0 Å². The van der Waals surface area contributed by atoms with Crippen molar-refractivity contribution in [2.75, 3.05) is 12.4 Å². The van der Waals surface area contributed by atoms with Gasteiger partial charge in [0.2, 0.25) is 0 Å². The van der Waals surface area contributed by atoms with Crippen LogP contribution in [0.15, 0.2) is 28.7 Å². The molecule has 0 atom stereocenters. The first-order chi connectivity index (χ1) is 8.15. The quantitative estimate of drug-likeness (QED) is 0.826. The molecule has 1 fully saturated rings.